The first-order valence-electron chi connectivity index (χ1n) is 13.7. The van der Waals surface area contributed by atoms with Gasteiger partial charge < -0.3 is 28.8 Å². The van der Waals surface area contributed by atoms with Crippen molar-refractivity contribution in [1.29, 1.82) is 10.5 Å². The molecule has 0 radical (unpaired) electrons. The molecule has 2 atom stereocenters. The van der Waals surface area contributed by atoms with E-state index in [0.717, 1.165) is 34.8 Å². The zero-order chi connectivity index (χ0) is 34.9. The van der Waals surface area contributed by atoms with Crippen molar-refractivity contribution in [2.24, 2.45) is 0 Å². The van der Waals surface area contributed by atoms with Crippen molar-refractivity contribution in [3.05, 3.63) is 112 Å². The molecule has 0 saturated heterocycles. The predicted octanol–water partition coefficient (Wildman–Crippen LogP) is 8.45. The number of aromatic hydroxyl groups is 1. The van der Waals surface area contributed by atoms with E-state index in [2.05, 4.69) is 22.0 Å². The number of hydrogen-bond donors (Lipinski definition) is 1. The van der Waals surface area contributed by atoms with E-state index in [4.69, 9.17) is 39.3 Å². The Morgan fingerprint density at radius 1 is 0.617 bits per heavy atom. The monoisotopic (exact) mass is 718 g/mol. The molecule has 0 spiro atoms. The molecule has 0 heterocycles. The number of hydrogen-bond acceptors (Lipinski definition) is 8. The summed E-state index contributed by atoms with van der Waals surface area (Å²) in [5.41, 5.74) is 0.878. The number of nitrogens with zero attached hydrogens (tertiary/aromatic N) is 2. The molecule has 4 aromatic rings. The number of benzene rings is 4. The van der Waals surface area contributed by atoms with Crippen LogP contribution in [-0.2, 0) is 9.47 Å². The number of halogens is 5. The van der Waals surface area contributed by atoms with E-state index in [-0.39, 0.29) is 23.7 Å². The van der Waals surface area contributed by atoms with Crippen molar-refractivity contribution in [2.45, 2.75) is 26.1 Å². The molecular formula is C34H31BrF4N2O6. The van der Waals surface area contributed by atoms with Crippen LogP contribution >= 0.6 is 15.9 Å². The first-order valence-corrected chi connectivity index (χ1v) is 14.5. The maximum atomic E-state index is 13.2. The summed E-state index contributed by atoms with van der Waals surface area (Å²) in [6.07, 6.45) is -0.260. The fourth-order valence-electron chi connectivity index (χ4n) is 3.72. The molecule has 0 amide bonds. The normalized spacial score (nSPS) is 11.3. The van der Waals surface area contributed by atoms with Crippen LogP contribution in [0, 0.1) is 45.9 Å². The lowest BCUT2D eigenvalue weighted by molar-refractivity contribution is 0.0919. The number of rotatable bonds is 10. The van der Waals surface area contributed by atoms with Gasteiger partial charge in [0.25, 0.3) is 0 Å². The molecule has 0 fully saturated rings. The van der Waals surface area contributed by atoms with E-state index in [1.807, 2.05) is 26.0 Å². The summed E-state index contributed by atoms with van der Waals surface area (Å²) >= 11 is 3.32. The van der Waals surface area contributed by atoms with Crippen molar-refractivity contribution in [3.63, 3.8) is 0 Å². The van der Waals surface area contributed by atoms with Gasteiger partial charge in [0.05, 0.1) is 36.5 Å². The second-order valence-corrected chi connectivity index (χ2v) is 10.6. The Bertz CT molecular complexity index is 1630. The van der Waals surface area contributed by atoms with Crippen molar-refractivity contribution in [1.82, 2.24) is 0 Å². The lowest BCUT2D eigenvalue weighted by Gasteiger charge is -2.15. The lowest BCUT2D eigenvalue weighted by atomic mass is 10.2. The van der Waals surface area contributed by atoms with E-state index in [1.54, 1.807) is 32.4 Å². The fourth-order valence-corrected chi connectivity index (χ4v) is 4.20. The first-order chi connectivity index (χ1) is 22.3. The molecule has 47 heavy (non-hydrogen) atoms. The molecule has 0 bridgehead atoms. The molecule has 0 saturated carbocycles. The third-order valence-corrected chi connectivity index (χ3v) is 5.86. The van der Waals surface area contributed by atoms with Crippen molar-refractivity contribution >= 4 is 15.9 Å². The van der Waals surface area contributed by atoms with Gasteiger partial charge in [0.2, 0.25) is 0 Å². The predicted molar refractivity (Wildman–Crippen MR) is 168 cm³/mol. The summed E-state index contributed by atoms with van der Waals surface area (Å²) in [5.74, 6) is -2.12. The van der Waals surface area contributed by atoms with Crippen LogP contribution in [0.15, 0.2) is 77.3 Å². The van der Waals surface area contributed by atoms with Crippen LogP contribution < -0.4 is 14.2 Å². The Hall–Kier alpha value is -4.82. The zero-order valence-corrected chi connectivity index (χ0v) is 27.4. The summed E-state index contributed by atoms with van der Waals surface area (Å²) in [4.78, 5) is 0. The van der Waals surface area contributed by atoms with Gasteiger partial charge in [0.1, 0.15) is 64.2 Å². The highest BCUT2D eigenvalue weighted by Crippen LogP contribution is 2.29. The van der Waals surface area contributed by atoms with Crippen molar-refractivity contribution in [3.8, 4) is 40.9 Å². The van der Waals surface area contributed by atoms with Gasteiger partial charge >= 0.3 is 0 Å². The van der Waals surface area contributed by atoms with Crippen molar-refractivity contribution < 1.29 is 46.4 Å². The topological polar surface area (TPSA) is 114 Å². The number of phenolic OH excluding ortho intramolecular Hbond substituents is 1. The SMILES string of the molecule is COCC(C)Oc1cc(Br)cc(C#N)c1.COCC(C)Oc1cc(C#N)cc(Oc2cc(F)cc(F)c2)c1.Oc1cc(F)cc(F)c1. The molecule has 4 rings (SSSR count). The van der Waals surface area contributed by atoms with Crippen LogP contribution in [0.25, 0.3) is 0 Å². The average Bonchev–Trinajstić information content (AvgIpc) is 2.96. The van der Waals surface area contributed by atoms with Crippen LogP contribution in [0.3, 0.4) is 0 Å². The van der Waals surface area contributed by atoms with E-state index >= 15 is 0 Å². The van der Waals surface area contributed by atoms with Crippen LogP contribution in [0.5, 0.6) is 28.7 Å². The Kier molecular flexibility index (Phi) is 16.0. The van der Waals surface area contributed by atoms with Crippen LogP contribution in [0.2, 0.25) is 0 Å². The van der Waals surface area contributed by atoms with E-state index in [0.29, 0.717) is 41.9 Å². The molecule has 4 aromatic carbocycles. The summed E-state index contributed by atoms with van der Waals surface area (Å²) in [6.45, 7) is 4.62. The standard InChI is InChI=1S/C17H15F2NO3.C11H12BrNO2.C6H4F2O/c1-11(10-21-2)22-15-3-12(9-20)4-16(8-15)23-17-6-13(18)5-14(19)7-17;1-8(7-14-2)15-11-4-9(6-13)3-10(12)5-11;7-4-1-5(8)3-6(9)2-4/h3-8,11H,10H2,1-2H3;3-5,8H,7H2,1-2H3;1-3,9H. The molecular weight excluding hydrogens is 688 g/mol. The van der Waals surface area contributed by atoms with E-state index in [9.17, 15) is 17.6 Å². The van der Waals surface area contributed by atoms with Gasteiger partial charge in [-0.2, -0.15) is 10.5 Å². The van der Waals surface area contributed by atoms with Crippen LogP contribution in [0.4, 0.5) is 17.6 Å². The van der Waals surface area contributed by atoms with Crippen LogP contribution in [-0.4, -0.2) is 44.7 Å². The largest absolute Gasteiger partial charge is 0.508 e. The maximum Gasteiger partial charge on any atom is 0.133 e. The van der Waals surface area contributed by atoms with E-state index < -0.39 is 29.0 Å². The highest BCUT2D eigenvalue weighted by molar-refractivity contribution is 9.10. The van der Waals surface area contributed by atoms with Gasteiger partial charge in [-0.05, 0) is 44.2 Å². The number of ether oxygens (including phenoxy) is 5. The second-order valence-electron chi connectivity index (χ2n) is 9.69. The highest BCUT2D eigenvalue weighted by Gasteiger charge is 2.10. The molecule has 0 aliphatic rings. The molecule has 2 unspecified atom stereocenters. The molecule has 8 nitrogen and oxygen atoms in total. The third-order valence-electron chi connectivity index (χ3n) is 5.41. The highest BCUT2D eigenvalue weighted by atomic mass is 79.9. The molecule has 0 aromatic heterocycles. The van der Waals surface area contributed by atoms with Gasteiger partial charge in [0.15, 0.2) is 0 Å². The van der Waals surface area contributed by atoms with Gasteiger partial charge in [-0.1, -0.05) is 15.9 Å². The number of nitriles is 2. The first kappa shape index (κ1) is 38.4. The molecule has 0 aliphatic heterocycles. The van der Waals surface area contributed by atoms with Crippen LogP contribution in [0.1, 0.15) is 25.0 Å². The summed E-state index contributed by atoms with van der Waals surface area (Å²) in [5, 5.41) is 26.4. The average molecular weight is 720 g/mol. The Labute approximate surface area is 278 Å². The summed E-state index contributed by atoms with van der Waals surface area (Å²) in [6, 6.07) is 19.1. The van der Waals surface area contributed by atoms with E-state index in [1.165, 1.54) is 12.1 Å². The third kappa shape index (κ3) is 14.9. The van der Waals surface area contributed by atoms with Crippen molar-refractivity contribution in [2.75, 3.05) is 27.4 Å². The molecule has 0 aliphatic carbocycles. The number of phenols is 1. The van der Waals surface area contributed by atoms with Gasteiger partial charge in [-0.3, -0.25) is 0 Å². The van der Waals surface area contributed by atoms with Gasteiger partial charge in [0, 0.05) is 61.2 Å². The molecule has 248 valence electrons. The lowest BCUT2D eigenvalue weighted by Crippen LogP contribution is -2.17. The Morgan fingerprint density at radius 3 is 1.47 bits per heavy atom. The minimum absolute atomic E-state index is 0.00604. The number of methoxy groups -OCH3 is 2. The minimum Gasteiger partial charge on any atom is -0.508 e. The quantitative estimate of drug-likeness (QED) is 0.163. The second kappa shape index (κ2) is 19.6. The zero-order valence-electron chi connectivity index (χ0n) is 25.8. The fraction of sp³-hybridized carbons (Fsp3) is 0.235. The summed E-state index contributed by atoms with van der Waals surface area (Å²) in [7, 11) is 3.18. The Morgan fingerprint density at radius 2 is 1.02 bits per heavy atom. The smallest absolute Gasteiger partial charge is 0.133 e. The summed E-state index contributed by atoms with van der Waals surface area (Å²) < 4.78 is 77.8. The maximum absolute atomic E-state index is 13.2. The van der Waals surface area contributed by atoms with Gasteiger partial charge in [-0.25, -0.2) is 17.6 Å². The Balaban J connectivity index is 0.000000273. The minimum atomic E-state index is -0.771. The molecule has 1 N–H and O–H groups in total. The van der Waals surface area contributed by atoms with Gasteiger partial charge in [-0.15, -0.1) is 0 Å². The molecule has 13 heteroatoms.